The van der Waals surface area contributed by atoms with Crippen LogP contribution in [0.1, 0.15) is 20.8 Å². The molecule has 0 N–H and O–H groups in total. The Hall–Kier alpha value is -1.05. The highest BCUT2D eigenvalue weighted by Gasteiger charge is 2.17. The van der Waals surface area contributed by atoms with E-state index in [1.165, 1.54) is 6.08 Å². The highest BCUT2D eigenvalue weighted by Crippen LogP contribution is 2.15. The van der Waals surface area contributed by atoms with E-state index in [2.05, 4.69) is 33.9 Å². The van der Waals surface area contributed by atoms with Gasteiger partial charge in [0, 0.05) is 13.1 Å². The molecule has 0 bridgehead atoms. The lowest BCUT2D eigenvalue weighted by molar-refractivity contribution is -0.126. The second-order valence-electron chi connectivity index (χ2n) is 4.27. The maximum absolute atomic E-state index is 11.3. The first-order chi connectivity index (χ1) is 5.90. The standard InChI is InChI=1S/C11H19NO/c1-6-8-12(10(13)7-2)9-11(3,4)5/h6-7H,1-2,8-9H2,3-5H3. The Morgan fingerprint density at radius 2 is 1.92 bits per heavy atom. The van der Waals surface area contributed by atoms with Crippen molar-refractivity contribution in [2.45, 2.75) is 20.8 Å². The summed E-state index contributed by atoms with van der Waals surface area (Å²) in [6, 6.07) is 0. The number of hydrogen-bond donors (Lipinski definition) is 0. The monoisotopic (exact) mass is 181 g/mol. The molecule has 0 aromatic heterocycles. The Bertz CT molecular complexity index is 201. The fourth-order valence-electron chi connectivity index (χ4n) is 1.09. The van der Waals surface area contributed by atoms with Crippen LogP contribution in [0.5, 0.6) is 0 Å². The topological polar surface area (TPSA) is 20.3 Å². The first-order valence-corrected chi connectivity index (χ1v) is 4.43. The lowest BCUT2D eigenvalue weighted by atomic mass is 9.96. The Balaban J connectivity index is 4.33. The van der Waals surface area contributed by atoms with Crippen molar-refractivity contribution >= 4 is 5.91 Å². The molecule has 0 aromatic carbocycles. The molecule has 0 saturated carbocycles. The van der Waals surface area contributed by atoms with Crippen molar-refractivity contribution in [2.24, 2.45) is 5.41 Å². The van der Waals surface area contributed by atoms with Crippen molar-refractivity contribution in [3.8, 4) is 0 Å². The van der Waals surface area contributed by atoms with Gasteiger partial charge in [0.15, 0.2) is 0 Å². The smallest absolute Gasteiger partial charge is 0.246 e. The molecule has 0 unspecified atom stereocenters. The van der Waals surface area contributed by atoms with Gasteiger partial charge < -0.3 is 4.90 Å². The molecule has 0 aromatic rings. The van der Waals surface area contributed by atoms with Crippen LogP contribution in [-0.4, -0.2) is 23.9 Å². The molecule has 0 saturated heterocycles. The van der Waals surface area contributed by atoms with E-state index in [0.29, 0.717) is 6.54 Å². The van der Waals surface area contributed by atoms with E-state index in [1.807, 2.05) is 0 Å². The summed E-state index contributed by atoms with van der Waals surface area (Å²) in [5, 5.41) is 0. The Kier molecular flexibility index (Phi) is 4.46. The van der Waals surface area contributed by atoms with Crippen molar-refractivity contribution in [3.05, 3.63) is 25.3 Å². The molecule has 74 valence electrons. The van der Waals surface area contributed by atoms with Crippen molar-refractivity contribution in [1.82, 2.24) is 4.90 Å². The van der Waals surface area contributed by atoms with Crippen LogP contribution >= 0.6 is 0 Å². The van der Waals surface area contributed by atoms with Gasteiger partial charge in [0.2, 0.25) is 5.91 Å². The van der Waals surface area contributed by atoms with E-state index < -0.39 is 0 Å². The summed E-state index contributed by atoms with van der Waals surface area (Å²) in [6.45, 7) is 14.7. The van der Waals surface area contributed by atoms with E-state index in [-0.39, 0.29) is 11.3 Å². The van der Waals surface area contributed by atoms with Gasteiger partial charge in [-0.1, -0.05) is 33.4 Å². The van der Waals surface area contributed by atoms with Crippen LogP contribution in [0.25, 0.3) is 0 Å². The highest BCUT2D eigenvalue weighted by atomic mass is 16.2. The summed E-state index contributed by atoms with van der Waals surface area (Å²) in [5.41, 5.74) is 0.113. The molecule has 0 fully saturated rings. The second kappa shape index (κ2) is 4.85. The van der Waals surface area contributed by atoms with E-state index in [4.69, 9.17) is 0 Å². The van der Waals surface area contributed by atoms with E-state index in [0.717, 1.165) is 6.54 Å². The van der Waals surface area contributed by atoms with Crippen molar-refractivity contribution < 1.29 is 4.79 Å². The lowest BCUT2D eigenvalue weighted by Crippen LogP contribution is -2.36. The van der Waals surface area contributed by atoms with Gasteiger partial charge in [-0.3, -0.25) is 4.79 Å². The minimum Gasteiger partial charge on any atom is -0.335 e. The molecule has 0 atom stereocenters. The molecule has 2 nitrogen and oxygen atoms in total. The average Bonchev–Trinajstić information content (AvgIpc) is 2.00. The molecule has 0 heterocycles. The third kappa shape index (κ3) is 5.23. The fraction of sp³-hybridized carbons (Fsp3) is 0.545. The van der Waals surface area contributed by atoms with Crippen LogP contribution in [-0.2, 0) is 4.79 Å². The maximum Gasteiger partial charge on any atom is 0.246 e. The van der Waals surface area contributed by atoms with E-state index >= 15 is 0 Å². The number of rotatable bonds is 4. The molecule has 0 aliphatic heterocycles. The SMILES string of the molecule is C=CCN(CC(C)(C)C)C(=O)C=C. The molecule has 0 aliphatic rings. The van der Waals surface area contributed by atoms with Gasteiger partial charge in [0.1, 0.15) is 0 Å². The Labute approximate surface area is 80.9 Å². The minimum absolute atomic E-state index is 0.0326. The van der Waals surface area contributed by atoms with Gasteiger partial charge in [0.25, 0.3) is 0 Å². The van der Waals surface area contributed by atoms with Crippen LogP contribution in [0.4, 0.5) is 0 Å². The van der Waals surface area contributed by atoms with Crippen LogP contribution in [0.2, 0.25) is 0 Å². The number of nitrogens with zero attached hydrogens (tertiary/aromatic N) is 1. The molecule has 1 amide bonds. The van der Waals surface area contributed by atoms with Gasteiger partial charge in [-0.2, -0.15) is 0 Å². The first kappa shape index (κ1) is 11.9. The molecule has 0 radical (unpaired) electrons. The minimum atomic E-state index is -0.0326. The normalized spacial score (nSPS) is 10.7. The molecule has 0 spiro atoms. The number of amides is 1. The van der Waals surface area contributed by atoms with Crippen LogP contribution in [0.15, 0.2) is 25.3 Å². The van der Waals surface area contributed by atoms with Crippen LogP contribution < -0.4 is 0 Å². The lowest BCUT2D eigenvalue weighted by Gasteiger charge is -2.28. The summed E-state index contributed by atoms with van der Waals surface area (Å²) >= 11 is 0. The van der Waals surface area contributed by atoms with Crippen LogP contribution in [0, 0.1) is 5.41 Å². The Morgan fingerprint density at radius 1 is 1.38 bits per heavy atom. The van der Waals surface area contributed by atoms with Gasteiger partial charge in [-0.15, -0.1) is 6.58 Å². The quantitative estimate of drug-likeness (QED) is 0.481. The van der Waals surface area contributed by atoms with Crippen molar-refractivity contribution in [1.29, 1.82) is 0 Å². The van der Waals surface area contributed by atoms with Gasteiger partial charge >= 0.3 is 0 Å². The predicted octanol–water partition coefficient (Wildman–Crippen LogP) is 2.23. The molecule has 0 aliphatic carbocycles. The zero-order valence-corrected chi connectivity index (χ0v) is 8.84. The van der Waals surface area contributed by atoms with Gasteiger partial charge in [-0.25, -0.2) is 0 Å². The number of hydrogen-bond acceptors (Lipinski definition) is 1. The maximum atomic E-state index is 11.3. The summed E-state index contributed by atoms with van der Waals surface area (Å²) < 4.78 is 0. The fourth-order valence-corrected chi connectivity index (χ4v) is 1.09. The summed E-state index contributed by atoms with van der Waals surface area (Å²) in [5.74, 6) is -0.0326. The molecular weight excluding hydrogens is 162 g/mol. The third-order valence-electron chi connectivity index (χ3n) is 1.50. The average molecular weight is 181 g/mol. The molecule has 13 heavy (non-hydrogen) atoms. The number of carbonyl (C=O) groups is 1. The molecular formula is C11H19NO. The summed E-state index contributed by atoms with van der Waals surface area (Å²) in [4.78, 5) is 13.1. The highest BCUT2D eigenvalue weighted by molar-refractivity contribution is 5.87. The zero-order chi connectivity index (χ0) is 10.5. The van der Waals surface area contributed by atoms with Crippen LogP contribution in [0.3, 0.4) is 0 Å². The largest absolute Gasteiger partial charge is 0.335 e. The zero-order valence-electron chi connectivity index (χ0n) is 8.84. The van der Waals surface area contributed by atoms with Crippen molar-refractivity contribution in [2.75, 3.05) is 13.1 Å². The van der Waals surface area contributed by atoms with Gasteiger partial charge in [-0.05, 0) is 11.5 Å². The number of carbonyl (C=O) groups excluding carboxylic acids is 1. The van der Waals surface area contributed by atoms with E-state index in [9.17, 15) is 4.79 Å². The summed E-state index contributed by atoms with van der Waals surface area (Å²) in [6.07, 6.45) is 3.07. The van der Waals surface area contributed by atoms with E-state index in [1.54, 1.807) is 11.0 Å². The first-order valence-electron chi connectivity index (χ1n) is 4.43. The summed E-state index contributed by atoms with van der Waals surface area (Å²) in [7, 11) is 0. The Morgan fingerprint density at radius 3 is 2.23 bits per heavy atom. The molecule has 2 heteroatoms. The van der Waals surface area contributed by atoms with Crippen molar-refractivity contribution in [3.63, 3.8) is 0 Å². The van der Waals surface area contributed by atoms with Gasteiger partial charge in [0.05, 0.1) is 0 Å². The predicted molar refractivity (Wildman–Crippen MR) is 56.4 cm³/mol. The third-order valence-corrected chi connectivity index (χ3v) is 1.50. The molecule has 0 rings (SSSR count). The second-order valence-corrected chi connectivity index (χ2v) is 4.27.